The number of thioether (sulfide) groups is 1. The van der Waals surface area contributed by atoms with E-state index in [1.807, 2.05) is 0 Å². The van der Waals surface area contributed by atoms with Crippen LogP contribution in [0.2, 0.25) is 0 Å². The fourth-order valence-corrected chi connectivity index (χ4v) is 9.22. The molecule has 0 aliphatic rings. The third kappa shape index (κ3) is 39.9. The van der Waals surface area contributed by atoms with Crippen LogP contribution in [0.5, 0.6) is 0 Å². The molecule has 0 bridgehead atoms. The molecule has 0 saturated heterocycles. The second-order valence-electron chi connectivity index (χ2n) is 21.9. The predicted molar refractivity (Wildman–Crippen MR) is 296 cm³/mol. The maximum absolute atomic E-state index is 13.2. The van der Waals surface area contributed by atoms with Crippen LogP contribution >= 0.6 is 11.8 Å². The fourth-order valence-electron chi connectivity index (χ4n) is 8.26. The van der Waals surface area contributed by atoms with Gasteiger partial charge in [-0.25, -0.2) is 4.79 Å². The van der Waals surface area contributed by atoms with Crippen molar-refractivity contribution in [3.8, 4) is 0 Å². The molecule has 0 aliphatic heterocycles. The van der Waals surface area contributed by atoms with Crippen molar-refractivity contribution in [3.63, 3.8) is 0 Å². The van der Waals surface area contributed by atoms with Gasteiger partial charge in [0.1, 0.15) is 23.9 Å². The number of esters is 3. The third-order valence-electron chi connectivity index (χ3n) is 12.4. The van der Waals surface area contributed by atoms with E-state index in [1.54, 1.807) is 77.6 Å². The highest BCUT2D eigenvalue weighted by atomic mass is 32.2. The van der Waals surface area contributed by atoms with Crippen molar-refractivity contribution in [2.45, 2.75) is 284 Å². The molecule has 0 spiro atoms. The molecule has 72 heavy (non-hydrogen) atoms. The lowest BCUT2D eigenvalue weighted by atomic mass is 10.0. The Morgan fingerprint density at radius 1 is 0.514 bits per heavy atom. The maximum atomic E-state index is 13.2. The van der Waals surface area contributed by atoms with E-state index in [4.69, 9.17) is 14.2 Å². The highest BCUT2D eigenvalue weighted by Crippen LogP contribution is 2.18. The van der Waals surface area contributed by atoms with Gasteiger partial charge in [-0.05, 0) is 78.5 Å². The molecule has 3 N–H and O–H groups in total. The summed E-state index contributed by atoms with van der Waals surface area (Å²) in [7, 11) is 0. The minimum Gasteiger partial charge on any atom is -0.463 e. The first-order chi connectivity index (χ1) is 34.4. The SMILES string of the molecule is CCCCCCCCCCCCCCCC(=O)NC(COC(=O)CCCCCCCCCCCCCCC)CSCCC(=O)NCc1ccc(C(=O)N[C@@H](CCC(=O)OC(C)(C)C)C(=O)OC(C)(C)C)cc1. The number of unbranched alkanes of at least 4 members (excludes halogenated alkanes) is 24. The molecule has 1 unspecified atom stereocenters. The quantitative estimate of drug-likeness (QED) is 0.0325. The Morgan fingerprint density at radius 3 is 1.44 bits per heavy atom. The molecule has 1 aromatic rings. The normalized spacial score (nSPS) is 12.4. The number of amides is 3. The van der Waals surface area contributed by atoms with Gasteiger partial charge in [-0.3, -0.25) is 24.0 Å². The number of carbonyl (C=O) groups excluding carboxylic acids is 6. The van der Waals surface area contributed by atoms with Gasteiger partial charge in [0.05, 0.1) is 6.04 Å². The van der Waals surface area contributed by atoms with Crippen LogP contribution in [-0.2, 0) is 44.7 Å². The second kappa shape index (κ2) is 41.7. The van der Waals surface area contributed by atoms with Crippen LogP contribution in [0.15, 0.2) is 24.3 Å². The van der Waals surface area contributed by atoms with E-state index in [0.717, 1.165) is 44.1 Å². The average molecular weight is 1030 g/mol. The van der Waals surface area contributed by atoms with Crippen LogP contribution < -0.4 is 16.0 Å². The molecular weight excluding hydrogens is 927 g/mol. The van der Waals surface area contributed by atoms with Gasteiger partial charge in [-0.15, -0.1) is 0 Å². The number of benzene rings is 1. The largest absolute Gasteiger partial charge is 0.463 e. The molecule has 0 fully saturated rings. The van der Waals surface area contributed by atoms with Gasteiger partial charge >= 0.3 is 17.9 Å². The van der Waals surface area contributed by atoms with Gasteiger partial charge in [-0.2, -0.15) is 11.8 Å². The summed E-state index contributed by atoms with van der Waals surface area (Å²) in [6.07, 6.45) is 33.4. The Balaban J connectivity index is 2.59. The van der Waals surface area contributed by atoms with Gasteiger partial charge < -0.3 is 30.2 Å². The Hall–Kier alpha value is -3.61. The smallest absolute Gasteiger partial charge is 0.329 e. The van der Waals surface area contributed by atoms with Crippen LogP contribution in [0.1, 0.15) is 270 Å². The van der Waals surface area contributed by atoms with Crippen molar-refractivity contribution < 1.29 is 43.0 Å². The lowest BCUT2D eigenvalue weighted by molar-refractivity contribution is -0.158. The Bertz CT molecular complexity index is 1610. The monoisotopic (exact) mass is 1030 g/mol. The summed E-state index contributed by atoms with van der Waals surface area (Å²) < 4.78 is 16.6. The topological polar surface area (TPSA) is 166 Å². The first-order valence-corrected chi connectivity index (χ1v) is 29.7. The molecule has 1 aromatic carbocycles. The number of hydrogen-bond donors (Lipinski definition) is 3. The molecule has 3 amide bonds. The van der Waals surface area contributed by atoms with Crippen molar-refractivity contribution in [1.29, 1.82) is 0 Å². The van der Waals surface area contributed by atoms with Gasteiger partial charge in [0.15, 0.2) is 0 Å². The Labute approximate surface area is 442 Å². The standard InChI is InChI=1S/C59H103N3O9S/c1-9-11-13-15-17-19-21-23-25-27-29-31-33-35-53(64)61-50(46-69-54(65)36-34-32-30-28-26-24-22-20-18-16-14-12-10-2)47-72-44-43-52(63)60-45-48-37-39-49(40-38-48)56(67)62-51(57(68)71-59(6,7)8)41-42-55(66)70-58(3,4)5/h37-40,50-51H,9-36,41-47H2,1-8H3,(H,60,63)(H,61,64)(H,62,67)/t50?,51-/m0/s1. The number of nitrogens with one attached hydrogen (secondary N) is 3. The first-order valence-electron chi connectivity index (χ1n) is 28.6. The van der Waals surface area contributed by atoms with Gasteiger partial charge in [0.25, 0.3) is 5.91 Å². The van der Waals surface area contributed by atoms with E-state index in [9.17, 15) is 28.8 Å². The average Bonchev–Trinajstić information content (AvgIpc) is 3.32. The van der Waals surface area contributed by atoms with Gasteiger partial charge in [0, 0.05) is 49.3 Å². The van der Waals surface area contributed by atoms with Crippen LogP contribution in [-0.4, -0.2) is 77.0 Å². The molecule has 0 saturated carbocycles. The van der Waals surface area contributed by atoms with Crippen molar-refractivity contribution in [3.05, 3.63) is 35.4 Å². The zero-order valence-electron chi connectivity index (χ0n) is 46.8. The lowest BCUT2D eigenvalue weighted by Crippen LogP contribution is -2.44. The minimum atomic E-state index is -1.06. The zero-order valence-corrected chi connectivity index (χ0v) is 47.6. The number of ether oxygens (including phenoxy) is 3. The van der Waals surface area contributed by atoms with Crippen molar-refractivity contribution in [1.82, 2.24) is 16.0 Å². The van der Waals surface area contributed by atoms with Crippen LogP contribution in [0.4, 0.5) is 0 Å². The van der Waals surface area contributed by atoms with Crippen molar-refractivity contribution in [2.24, 2.45) is 0 Å². The zero-order chi connectivity index (χ0) is 53.3. The van der Waals surface area contributed by atoms with Gasteiger partial charge in [0.2, 0.25) is 11.8 Å². The molecule has 13 heteroatoms. The highest BCUT2D eigenvalue weighted by molar-refractivity contribution is 7.99. The minimum absolute atomic E-state index is 0.0137. The molecule has 0 heterocycles. The molecule has 12 nitrogen and oxygen atoms in total. The van der Waals surface area contributed by atoms with Crippen molar-refractivity contribution >= 4 is 47.4 Å². The summed E-state index contributed by atoms with van der Waals surface area (Å²) in [6, 6.07) is 5.30. The van der Waals surface area contributed by atoms with Crippen LogP contribution in [0.25, 0.3) is 0 Å². The van der Waals surface area contributed by atoms with Crippen LogP contribution in [0, 0.1) is 0 Å². The second-order valence-corrected chi connectivity index (χ2v) is 23.1. The molecule has 0 radical (unpaired) electrons. The number of hydrogen-bond acceptors (Lipinski definition) is 10. The van der Waals surface area contributed by atoms with E-state index < -0.39 is 35.1 Å². The van der Waals surface area contributed by atoms with E-state index >= 15 is 0 Å². The van der Waals surface area contributed by atoms with E-state index in [0.29, 0.717) is 29.9 Å². The summed E-state index contributed by atoms with van der Waals surface area (Å²) in [5, 5.41) is 8.76. The van der Waals surface area contributed by atoms with E-state index in [2.05, 4.69) is 29.8 Å². The summed E-state index contributed by atoms with van der Waals surface area (Å²) in [6.45, 7) is 15.4. The molecular formula is C59H103N3O9S. The molecule has 2 atom stereocenters. The predicted octanol–water partition coefficient (Wildman–Crippen LogP) is 14.0. The summed E-state index contributed by atoms with van der Waals surface area (Å²) in [5.41, 5.74) is -0.374. The highest BCUT2D eigenvalue weighted by Gasteiger charge is 2.29. The number of rotatable bonds is 44. The third-order valence-corrected chi connectivity index (χ3v) is 13.5. The number of carbonyl (C=O) groups is 6. The Morgan fingerprint density at radius 2 is 0.972 bits per heavy atom. The van der Waals surface area contributed by atoms with Crippen molar-refractivity contribution in [2.75, 3.05) is 18.1 Å². The summed E-state index contributed by atoms with van der Waals surface area (Å²) in [5.74, 6) is -0.977. The molecule has 1 rings (SSSR count). The maximum Gasteiger partial charge on any atom is 0.329 e. The fraction of sp³-hybridized carbons (Fsp3) is 0.797. The molecule has 414 valence electrons. The summed E-state index contributed by atoms with van der Waals surface area (Å²) >= 11 is 1.54. The van der Waals surface area contributed by atoms with E-state index in [1.165, 1.54) is 128 Å². The Kier molecular flexibility index (Phi) is 38.5. The van der Waals surface area contributed by atoms with E-state index in [-0.39, 0.29) is 56.2 Å². The lowest BCUT2D eigenvalue weighted by Gasteiger charge is -2.25. The van der Waals surface area contributed by atoms with Gasteiger partial charge in [-0.1, -0.05) is 180 Å². The molecule has 0 aliphatic carbocycles. The summed E-state index contributed by atoms with van der Waals surface area (Å²) in [4.78, 5) is 77.3. The molecule has 0 aromatic heterocycles. The first kappa shape index (κ1) is 66.4. The van der Waals surface area contributed by atoms with Crippen LogP contribution in [0.3, 0.4) is 0 Å².